The molecule has 0 bridgehead atoms. The lowest BCUT2D eigenvalue weighted by Gasteiger charge is -2.35. The summed E-state index contributed by atoms with van der Waals surface area (Å²) in [6.07, 6.45) is 17.4. The quantitative estimate of drug-likeness (QED) is 0.0861. The van der Waals surface area contributed by atoms with E-state index in [2.05, 4.69) is 132 Å². The minimum Gasteiger partial charge on any atom is -0.381 e. The van der Waals surface area contributed by atoms with E-state index in [4.69, 9.17) is 9.72 Å². The molecule has 77 heavy (non-hydrogen) atoms. The van der Waals surface area contributed by atoms with Crippen LogP contribution in [0.2, 0.25) is 0 Å². The number of fused-ring (bicyclic) bond motifs is 1. The molecule has 0 radical (unpaired) electrons. The molecule has 4 N–H and O–H groups in total. The first kappa shape index (κ1) is 66.0. The molecule has 12 nitrogen and oxygen atoms in total. The number of likely N-dealkylation sites (tertiary alicyclic amines) is 2. The van der Waals surface area contributed by atoms with Gasteiger partial charge in [0, 0.05) is 68.4 Å². The molecule has 3 aromatic rings. The second-order valence-corrected chi connectivity index (χ2v) is 20.8. The highest BCUT2D eigenvalue weighted by atomic mass is 16.5. The minimum atomic E-state index is -0.314. The number of nitrogens with one attached hydrogen (secondary N) is 4. The van der Waals surface area contributed by atoms with E-state index in [0.717, 1.165) is 93.2 Å². The van der Waals surface area contributed by atoms with Gasteiger partial charge >= 0.3 is 0 Å². The summed E-state index contributed by atoms with van der Waals surface area (Å²) in [7, 11) is 1.73. The standard InChI is InChI=1S/C44H62N6O2.C15H24N2O2.3C2H6/c1-6-21-48(22-7-2)30-34-16-25-50(26-17-34)44(51)37-11-9-35(10-12-37)36-18-23-49(24-19-36)29-33(8-3)27-40-32(4)45-20-15-39(40)38-13-14-41-42(28-38)47-43(46-41)31-52-5;1-10(2)5-7-13(11(3)4)17-14-8-6-12(18)9-16-15(14)19;3*1-2/h9-15,20,27-28,34,36,43,46-47H,6-8,16-19,21-26,29-31H2,1-5H3;5,7,11,14,17H,6,8-9H2,1-4H3,(H,16,19);3*1-2H3/b33-27+;13-7+;;;. The summed E-state index contributed by atoms with van der Waals surface area (Å²) in [5.74, 6) is 1.76. The summed E-state index contributed by atoms with van der Waals surface area (Å²) in [4.78, 5) is 48.7. The molecule has 5 heterocycles. The highest BCUT2D eigenvalue weighted by molar-refractivity contribution is 5.94. The van der Waals surface area contributed by atoms with Gasteiger partial charge in [0.15, 0.2) is 5.78 Å². The van der Waals surface area contributed by atoms with E-state index in [1.54, 1.807) is 7.11 Å². The van der Waals surface area contributed by atoms with Gasteiger partial charge in [0.25, 0.3) is 5.91 Å². The van der Waals surface area contributed by atoms with Gasteiger partial charge in [0.05, 0.1) is 24.5 Å². The number of amides is 2. The van der Waals surface area contributed by atoms with Crippen molar-refractivity contribution in [1.82, 2.24) is 30.3 Å². The fraction of sp³-hybridized carbons (Fsp3) is 0.600. The van der Waals surface area contributed by atoms with Gasteiger partial charge in [-0.05, 0) is 169 Å². The van der Waals surface area contributed by atoms with Crippen molar-refractivity contribution >= 4 is 35.0 Å². The molecule has 0 aliphatic carbocycles. The molecule has 2 aromatic carbocycles. The number of aromatic nitrogens is 1. The van der Waals surface area contributed by atoms with Crippen LogP contribution in [0, 0.1) is 18.8 Å². The van der Waals surface area contributed by atoms with Gasteiger partial charge in [-0.2, -0.15) is 0 Å². The maximum atomic E-state index is 13.4. The minimum absolute atomic E-state index is 0.0867. The molecular weight excluding hydrogens is 957 g/mol. The number of carbonyl (C=O) groups excluding carboxylic acids is 3. The van der Waals surface area contributed by atoms with Crippen LogP contribution in [0.1, 0.15) is 181 Å². The number of ketones is 1. The number of nitrogens with zero attached hydrogens (tertiary/aromatic N) is 4. The number of ether oxygens (including phenoxy) is 1. The van der Waals surface area contributed by atoms with Crippen LogP contribution < -0.4 is 21.3 Å². The molecule has 2 atom stereocenters. The topological polar surface area (TPSA) is 131 Å². The van der Waals surface area contributed by atoms with Gasteiger partial charge in [-0.1, -0.05) is 118 Å². The number of methoxy groups -OCH3 is 1. The zero-order chi connectivity index (χ0) is 56.9. The number of hydrogen-bond acceptors (Lipinski definition) is 10. The average molecular weight is 1060 g/mol. The fourth-order valence-corrected chi connectivity index (χ4v) is 10.3. The number of pyridine rings is 1. The number of anilines is 2. The third kappa shape index (κ3) is 21.1. The number of piperidine rings is 2. The first-order valence-corrected chi connectivity index (χ1v) is 29.8. The van der Waals surface area contributed by atoms with Gasteiger partial charge in [-0.3, -0.25) is 24.3 Å². The average Bonchev–Trinajstić information content (AvgIpc) is 3.80. The molecule has 2 amide bonds. The van der Waals surface area contributed by atoms with Crippen LogP contribution >= 0.6 is 0 Å². The molecule has 0 saturated carbocycles. The van der Waals surface area contributed by atoms with E-state index < -0.39 is 0 Å². The second-order valence-electron chi connectivity index (χ2n) is 20.8. The Kier molecular flexibility index (Phi) is 30.8. The molecule has 1 aromatic heterocycles. The Hall–Kier alpha value is -5.30. The van der Waals surface area contributed by atoms with Gasteiger partial charge in [0.2, 0.25) is 5.91 Å². The highest BCUT2D eigenvalue weighted by Crippen LogP contribution is 2.36. The maximum Gasteiger partial charge on any atom is 0.253 e. The van der Waals surface area contributed by atoms with Crippen LogP contribution in [0.25, 0.3) is 17.2 Å². The van der Waals surface area contributed by atoms with E-state index in [1.807, 2.05) is 73.7 Å². The molecule has 428 valence electrons. The van der Waals surface area contributed by atoms with Crippen molar-refractivity contribution in [3.8, 4) is 11.1 Å². The summed E-state index contributed by atoms with van der Waals surface area (Å²) in [6, 6.07) is 17.0. The van der Waals surface area contributed by atoms with Crippen molar-refractivity contribution in [2.45, 2.75) is 173 Å². The Morgan fingerprint density at radius 1 is 0.844 bits per heavy atom. The normalized spacial score (nSPS) is 18.1. The van der Waals surface area contributed by atoms with Gasteiger partial charge in [0.1, 0.15) is 12.2 Å². The van der Waals surface area contributed by atoms with Crippen molar-refractivity contribution in [3.05, 3.63) is 106 Å². The number of hydrogen-bond donors (Lipinski definition) is 4. The Bertz CT molecular complexity index is 2300. The zero-order valence-electron chi connectivity index (χ0n) is 50.7. The fourth-order valence-electron chi connectivity index (χ4n) is 10.3. The monoisotopic (exact) mass is 1060 g/mol. The van der Waals surface area contributed by atoms with Crippen molar-refractivity contribution in [1.29, 1.82) is 0 Å². The number of rotatable bonds is 19. The summed E-state index contributed by atoms with van der Waals surface area (Å²) >= 11 is 0. The molecule has 0 spiro atoms. The third-order valence-electron chi connectivity index (χ3n) is 14.5. The van der Waals surface area contributed by atoms with Crippen LogP contribution in [0.4, 0.5) is 11.4 Å². The van der Waals surface area contributed by atoms with E-state index in [1.165, 1.54) is 65.9 Å². The second kappa shape index (κ2) is 36.0. The summed E-state index contributed by atoms with van der Waals surface area (Å²) in [5.41, 5.74) is 12.8. The number of allylic oxidation sites excluding steroid dienone is 4. The van der Waals surface area contributed by atoms with Gasteiger partial charge in [-0.15, -0.1) is 0 Å². The van der Waals surface area contributed by atoms with E-state index in [-0.39, 0.29) is 36.3 Å². The predicted octanol–water partition coefficient (Wildman–Crippen LogP) is 13.5. The Morgan fingerprint density at radius 3 is 2.09 bits per heavy atom. The Morgan fingerprint density at radius 2 is 1.49 bits per heavy atom. The van der Waals surface area contributed by atoms with Crippen molar-refractivity contribution < 1.29 is 19.1 Å². The van der Waals surface area contributed by atoms with E-state index >= 15 is 0 Å². The first-order valence-electron chi connectivity index (χ1n) is 29.8. The van der Waals surface area contributed by atoms with Crippen LogP contribution in [0.5, 0.6) is 0 Å². The molecular formula is C65H104N8O4. The Labute approximate surface area is 467 Å². The molecule has 4 aliphatic rings. The van der Waals surface area contributed by atoms with Crippen LogP contribution in [-0.4, -0.2) is 122 Å². The smallest absolute Gasteiger partial charge is 0.253 e. The van der Waals surface area contributed by atoms with Crippen molar-refractivity contribution in [2.75, 3.05) is 83.3 Å². The number of Topliss-reactive ketones (excluding diaryl/α,β-unsaturated/α-hetero) is 1. The summed E-state index contributed by atoms with van der Waals surface area (Å²) in [5, 5.41) is 13.0. The lowest BCUT2D eigenvalue weighted by molar-refractivity contribution is -0.124. The molecule has 3 saturated heterocycles. The molecule has 3 fully saturated rings. The van der Waals surface area contributed by atoms with Crippen molar-refractivity contribution in [2.24, 2.45) is 11.8 Å². The maximum absolute atomic E-state index is 13.4. The molecule has 12 heteroatoms. The molecule has 7 rings (SSSR count). The summed E-state index contributed by atoms with van der Waals surface area (Å²) in [6.45, 7) is 38.4. The van der Waals surface area contributed by atoms with Crippen LogP contribution in [0.15, 0.2) is 83.7 Å². The van der Waals surface area contributed by atoms with Gasteiger partial charge < -0.3 is 35.8 Å². The molecule has 2 unspecified atom stereocenters. The van der Waals surface area contributed by atoms with E-state index in [0.29, 0.717) is 37.2 Å². The Balaban J connectivity index is 0.000000523. The number of benzene rings is 2. The zero-order valence-corrected chi connectivity index (χ0v) is 50.7. The lowest BCUT2D eigenvalue weighted by atomic mass is 9.88. The van der Waals surface area contributed by atoms with Crippen molar-refractivity contribution in [3.63, 3.8) is 0 Å². The third-order valence-corrected chi connectivity index (χ3v) is 14.5. The van der Waals surface area contributed by atoms with Crippen LogP contribution in [0.3, 0.4) is 0 Å². The SMILES string of the molecule is CC.CC.CC.CC(C)=C/C=C(/NC1CCC(=O)CNC1=O)C(C)C.CCCN(CCC)CC1CCN(C(=O)c2ccc(C3CCN(C/C(=C/c4c(-c5ccc6c(c5)NC(COC)N6)ccnc4C)CC)CC3)cc2)CC1. The first-order chi connectivity index (χ1) is 37.3. The molecule has 4 aliphatic heterocycles. The number of aryl methyl sites for hydroxylation is 1. The lowest BCUT2D eigenvalue weighted by Crippen LogP contribution is -2.43. The highest BCUT2D eigenvalue weighted by Gasteiger charge is 2.28. The largest absolute Gasteiger partial charge is 0.381 e. The van der Waals surface area contributed by atoms with Gasteiger partial charge in [-0.25, -0.2) is 0 Å². The van der Waals surface area contributed by atoms with E-state index in [9.17, 15) is 14.4 Å². The summed E-state index contributed by atoms with van der Waals surface area (Å²) < 4.78 is 5.35. The van der Waals surface area contributed by atoms with Crippen LogP contribution in [-0.2, 0) is 14.3 Å². The number of carbonyl (C=O) groups is 3. The predicted molar refractivity (Wildman–Crippen MR) is 327 cm³/mol.